The minimum absolute atomic E-state index is 0.583. The fourth-order valence-electron chi connectivity index (χ4n) is 1.60. The van der Waals surface area contributed by atoms with Crippen molar-refractivity contribution in [1.82, 2.24) is 0 Å². The predicted octanol–water partition coefficient (Wildman–Crippen LogP) is 3.08. The van der Waals surface area contributed by atoms with Gasteiger partial charge in [0.05, 0.1) is 14.2 Å². The molecular formula is C14H15NO3. The monoisotopic (exact) mass is 245 g/mol. The van der Waals surface area contributed by atoms with E-state index in [4.69, 9.17) is 19.9 Å². The van der Waals surface area contributed by atoms with Crippen LogP contribution >= 0.6 is 0 Å². The van der Waals surface area contributed by atoms with Crippen LogP contribution in [0.1, 0.15) is 0 Å². The highest BCUT2D eigenvalue weighted by Crippen LogP contribution is 2.33. The van der Waals surface area contributed by atoms with Gasteiger partial charge < -0.3 is 19.9 Å². The molecule has 0 atom stereocenters. The van der Waals surface area contributed by atoms with Crippen LogP contribution in [0.25, 0.3) is 0 Å². The summed E-state index contributed by atoms with van der Waals surface area (Å²) in [6.07, 6.45) is 0. The molecule has 0 amide bonds. The van der Waals surface area contributed by atoms with Crippen molar-refractivity contribution in [2.24, 2.45) is 0 Å². The molecule has 0 radical (unpaired) electrons. The zero-order chi connectivity index (χ0) is 13.0. The zero-order valence-electron chi connectivity index (χ0n) is 10.3. The average Bonchev–Trinajstić information content (AvgIpc) is 2.38. The van der Waals surface area contributed by atoms with Gasteiger partial charge in [-0.2, -0.15) is 0 Å². The maximum Gasteiger partial charge on any atom is 0.169 e. The molecule has 2 aromatic carbocycles. The van der Waals surface area contributed by atoms with E-state index in [1.54, 1.807) is 32.4 Å². The highest BCUT2D eigenvalue weighted by Gasteiger charge is 2.06. The van der Waals surface area contributed by atoms with E-state index >= 15 is 0 Å². The highest BCUT2D eigenvalue weighted by molar-refractivity contribution is 5.52. The molecular weight excluding hydrogens is 230 g/mol. The number of hydrogen-bond donors (Lipinski definition) is 1. The van der Waals surface area contributed by atoms with Gasteiger partial charge in [-0.15, -0.1) is 0 Å². The second-order valence-corrected chi connectivity index (χ2v) is 3.69. The zero-order valence-corrected chi connectivity index (χ0v) is 10.3. The van der Waals surface area contributed by atoms with E-state index < -0.39 is 0 Å². The summed E-state index contributed by atoms with van der Waals surface area (Å²) in [7, 11) is 3.18. The molecule has 4 heteroatoms. The summed E-state index contributed by atoms with van der Waals surface area (Å²) in [5.41, 5.74) is 6.35. The van der Waals surface area contributed by atoms with E-state index in [-0.39, 0.29) is 0 Å². The second kappa shape index (κ2) is 5.31. The van der Waals surface area contributed by atoms with E-state index in [0.29, 0.717) is 28.7 Å². The van der Waals surface area contributed by atoms with Crippen molar-refractivity contribution < 1.29 is 14.2 Å². The largest absolute Gasteiger partial charge is 0.497 e. The molecule has 0 bridgehead atoms. The molecule has 2 rings (SSSR count). The van der Waals surface area contributed by atoms with E-state index in [9.17, 15) is 0 Å². The van der Waals surface area contributed by atoms with Crippen LogP contribution in [0.5, 0.6) is 23.0 Å². The summed E-state index contributed by atoms with van der Waals surface area (Å²) in [6, 6.07) is 12.6. The lowest BCUT2D eigenvalue weighted by molar-refractivity contribution is 0.376. The molecule has 0 unspecified atom stereocenters. The number of para-hydroxylation sites is 2. The minimum atomic E-state index is 0.583. The van der Waals surface area contributed by atoms with E-state index in [0.717, 1.165) is 0 Å². The third-order valence-corrected chi connectivity index (χ3v) is 2.43. The van der Waals surface area contributed by atoms with Crippen LogP contribution in [-0.4, -0.2) is 14.2 Å². The Morgan fingerprint density at radius 2 is 1.50 bits per heavy atom. The molecule has 0 aliphatic rings. The topological polar surface area (TPSA) is 53.7 Å². The molecule has 0 saturated carbocycles. The van der Waals surface area contributed by atoms with Gasteiger partial charge in [0, 0.05) is 23.9 Å². The van der Waals surface area contributed by atoms with E-state index in [2.05, 4.69) is 0 Å². The van der Waals surface area contributed by atoms with E-state index in [1.165, 1.54) is 0 Å². The fraction of sp³-hybridized carbons (Fsp3) is 0.143. The molecule has 2 N–H and O–H groups in total. The summed E-state index contributed by atoms with van der Waals surface area (Å²) < 4.78 is 16.1. The minimum Gasteiger partial charge on any atom is -0.497 e. The second-order valence-electron chi connectivity index (χ2n) is 3.69. The van der Waals surface area contributed by atoms with Crippen LogP contribution in [0, 0.1) is 0 Å². The molecule has 0 spiro atoms. The quantitative estimate of drug-likeness (QED) is 0.841. The Balaban J connectivity index is 2.30. The Hall–Kier alpha value is -2.36. The van der Waals surface area contributed by atoms with Gasteiger partial charge in [0.2, 0.25) is 0 Å². The molecule has 94 valence electrons. The number of benzene rings is 2. The summed E-state index contributed by atoms with van der Waals surface area (Å²) in [6.45, 7) is 0. The van der Waals surface area contributed by atoms with Gasteiger partial charge in [-0.1, -0.05) is 12.1 Å². The molecule has 18 heavy (non-hydrogen) atoms. The molecule has 0 saturated heterocycles. The number of ether oxygens (including phenoxy) is 3. The summed E-state index contributed by atoms with van der Waals surface area (Å²) >= 11 is 0. The Kier molecular flexibility index (Phi) is 3.57. The normalized spacial score (nSPS) is 9.89. The first kappa shape index (κ1) is 12.1. The lowest BCUT2D eigenvalue weighted by atomic mass is 10.2. The molecule has 0 fully saturated rings. The smallest absolute Gasteiger partial charge is 0.169 e. The van der Waals surface area contributed by atoms with Crippen molar-refractivity contribution in [1.29, 1.82) is 0 Å². The standard InChI is InChI=1S/C14H15NO3/c1-16-11-7-10(15)8-12(9-11)18-14-6-4-3-5-13(14)17-2/h3-9H,15H2,1-2H3. The lowest BCUT2D eigenvalue weighted by Gasteiger charge is -2.11. The van der Waals surface area contributed by atoms with Crippen molar-refractivity contribution in [3.8, 4) is 23.0 Å². The van der Waals surface area contributed by atoms with Crippen LogP contribution in [0.2, 0.25) is 0 Å². The van der Waals surface area contributed by atoms with Crippen molar-refractivity contribution in [2.75, 3.05) is 20.0 Å². The van der Waals surface area contributed by atoms with Gasteiger partial charge in [0.1, 0.15) is 11.5 Å². The average molecular weight is 245 g/mol. The highest BCUT2D eigenvalue weighted by atomic mass is 16.5. The number of anilines is 1. The van der Waals surface area contributed by atoms with Crippen molar-refractivity contribution in [3.05, 3.63) is 42.5 Å². The Bertz CT molecular complexity index is 540. The van der Waals surface area contributed by atoms with Crippen molar-refractivity contribution >= 4 is 5.69 Å². The number of nitrogen functional groups attached to an aromatic ring is 1. The SMILES string of the molecule is COc1cc(N)cc(Oc2ccccc2OC)c1. The molecule has 0 aromatic heterocycles. The number of rotatable bonds is 4. The Morgan fingerprint density at radius 3 is 2.17 bits per heavy atom. The van der Waals surface area contributed by atoms with Gasteiger partial charge in [0.25, 0.3) is 0 Å². The lowest BCUT2D eigenvalue weighted by Crippen LogP contribution is -1.93. The number of hydrogen-bond acceptors (Lipinski definition) is 4. The van der Waals surface area contributed by atoms with Crippen LogP contribution < -0.4 is 19.9 Å². The van der Waals surface area contributed by atoms with Gasteiger partial charge in [0.15, 0.2) is 11.5 Å². The van der Waals surface area contributed by atoms with Crippen molar-refractivity contribution in [3.63, 3.8) is 0 Å². The van der Waals surface area contributed by atoms with Crippen LogP contribution in [0.15, 0.2) is 42.5 Å². The molecule has 0 aliphatic carbocycles. The molecule has 0 aliphatic heterocycles. The Labute approximate surface area is 106 Å². The first-order valence-corrected chi connectivity index (χ1v) is 5.48. The first-order chi connectivity index (χ1) is 8.72. The third kappa shape index (κ3) is 2.66. The molecule has 4 nitrogen and oxygen atoms in total. The number of methoxy groups -OCH3 is 2. The van der Waals surface area contributed by atoms with Gasteiger partial charge in [-0.05, 0) is 12.1 Å². The maximum absolute atomic E-state index is 5.77. The first-order valence-electron chi connectivity index (χ1n) is 5.48. The van der Waals surface area contributed by atoms with Crippen molar-refractivity contribution in [2.45, 2.75) is 0 Å². The summed E-state index contributed by atoms with van der Waals surface area (Å²) in [5.74, 6) is 2.56. The summed E-state index contributed by atoms with van der Waals surface area (Å²) in [4.78, 5) is 0. The maximum atomic E-state index is 5.77. The van der Waals surface area contributed by atoms with E-state index in [1.807, 2.05) is 24.3 Å². The third-order valence-electron chi connectivity index (χ3n) is 2.43. The Morgan fingerprint density at radius 1 is 0.833 bits per heavy atom. The molecule has 0 heterocycles. The van der Waals surface area contributed by atoms with Gasteiger partial charge in [-0.25, -0.2) is 0 Å². The number of nitrogens with two attached hydrogens (primary N) is 1. The van der Waals surface area contributed by atoms with Crippen LogP contribution in [0.3, 0.4) is 0 Å². The predicted molar refractivity (Wildman–Crippen MR) is 70.5 cm³/mol. The van der Waals surface area contributed by atoms with Crippen LogP contribution in [-0.2, 0) is 0 Å². The van der Waals surface area contributed by atoms with Crippen LogP contribution in [0.4, 0.5) is 5.69 Å². The van der Waals surface area contributed by atoms with Gasteiger partial charge in [-0.3, -0.25) is 0 Å². The van der Waals surface area contributed by atoms with Gasteiger partial charge >= 0.3 is 0 Å². The molecule has 2 aromatic rings. The summed E-state index contributed by atoms with van der Waals surface area (Å²) in [5, 5.41) is 0. The fourth-order valence-corrected chi connectivity index (χ4v) is 1.60.